The Balaban J connectivity index is 1.43. The van der Waals surface area contributed by atoms with Gasteiger partial charge in [0.1, 0.15) is 17.3 Å². The first-order valence-corrected chi connectivity index (χ1v) is 16.3. The summed E-state index contributed by atoms with van der Waals surface area (Å²) in [6.07, 6.45) is 12.9. The van der Waals surface area contributed by atoms with E-state index in [-0.39, 0.29) is 17.4 Å². The summed E-state index contributed by atoms with van der Waals surface area (Å²) in [7, 11) is 0. The molecule has 0 radical (unpaired) electrons. The van der Waals surface area contributed by atoms with Gasteiger partial charge in [-0.3, -0.25) is 0 Å². The van der Waals surface area contributed by atoms with Crippen LogP contribution in [0.1, 0.15) is 119 Å². The second kappa shape index (κ2) is 18.9. The van der Waals surface area contributed by atoms with E-state index in [1.807, 2.05) is 36.4 Å². The molecule has 0 spiro atoms. The highest BCUT2D eigenvalue weighted by atomic mass is 19.1. The highest BCUT2D eigenvalue weighted by molar-refractivity contribution is 5.92. The number of benzene rings is 3. The number of rotatable bonds is 19. The molecule has 0 saturated heterocycles. The molecule has 6 heteroatoms. The van der Waals surface area contributed by atoms with Gasteiger partial charge in [0.05, 0.1) is 23.8 Å². The van der Waals surface area contributed by atoms with Gasteiger partial charge in [0.2, 0.25) is 0 Å². The van der Waals surface area contributed by atoms with Gasteiger partial charge in [-0.15, -0.1) is 0 Å². The normalized spacial score (nSPS) is 11.8. The first kappa shape index (κ1) is 34.8. The van der Waals surface area contributed by atoms with Crippen molar-refractivity contribution in [2.75, 3.05) is 6.61 Å². The first-order chi connectivity index (χ1) is 21.3. The van der Waals surface area contributed by atoms with Gasteiger partial charge < -0.3 is 14.2 Å². The van der Waals surface area contributed by atoms with E-state index in [0.29, 0.717) is 17.9 Å². The molecule has 0 amide bonds. The van der Waals surface area contributed by atoms with Crippen molar-refractivity contribution in [2.45, 2.75) is 104 Å². The van der Waals surface area contributed by atoms with Gasteiger partial charge in [0.25, 0.3) is 0 Å². The summed E-state index contributed by atoms with van der Waals surface area (Å²) in [5.41, 5.74) is 2.09. The summed E-state index contributed by atoms with van der Waals surface area (Å²) in [5, 5.41) is 0. The lowest BCUT2D eigenvalue weighted by Crippen LogP contribution is -2.17. The predicted molar refractivity (Wildman–Crippen MR) is 175 cm³/mol. The van der Waals surface area contributed by atoms with Crippen LogP contribution in [-0.4, -0.2) is 24.6 Å². The summed E-state index contributed by atoms with van der Waals surface area (Å²) in [6.45, 7) is 8.95. The van der Waals surface area contributed by atoms with E-state index in [4.69, 9.17) is 14.2 Å². The molecule has 0 N–H and O–H groups in total. The second-order valence-electron chi connectivity index (χ2n) is 12.0. The lowest BCUT2D eigenvalue weighted by molar-refractivity contribution is 0.0308. The van der Waals surface area contributed by atoms with E-state index >= 15 is 0 Å². The van der Waals surface area contributed by atoms with Crippen LogP contribution in [0.2, 0.25) is 0 Å². The fourth-order valence-corrected chi connectivity index (χ4v) is 4.91. The van der Waals surface area contributed by atoms with Crippen molar-refractivity contribution >= 4 is 11.9 Å². The van der Waals surface area contributed by atoms with Gasteiger partial charge in [-0.25, -0.2) is 14.0 Å². The molecule has 0 bridgehead atoms. The Morgan fingerprint density at radius 2 is 1.25 bits per heavy atom. The van der Waals surface area contributed by atoms with Crippen LogP contribution in [0.3, 0.4) is 0 Å². The van der Waals surface area contributed by atoms with Crippen molar-refractivity contribution in [2.24, 2.45) is 5.92 Å². The van der Waals surface area contributed by atoms with Crippen LogP contribution in [0.25, 0.3) is 11.1 Å². The van der Waals surface area contributed by atoms with E-state index in [0.717, 1.165) is 42.4 Å². The summed E-state index contributed by atoms with van der Waals surface area (Å²) in [5.74, 6) is -0.796. The van der Waals surface area contributed by atoms with Crippen LogP contribution in [0.15, 0.2) is 66.7 Å². The zero-order chi connectivity index (χ0) is 31.7. The van der Waals surface area contributed by atoms with Crippen LogP contribution < -0.4 is 9.47 Å². The zero-order valence-corrected chi connectivity index (χ0v) is 26.9. The van der Waals surface area contributed by atoms with Crippen LogP contribution in [0.5, 0.6) is 11.5 Å². The molecule has 44 heavy (non-hydrogen) atoms. The number of hydrogen-bond acceptors (Lipinski definition) is 5. The Bertz CT molecular complexity index is 1280. The Kier molecular flexibility index (Phi) is 14.9. The van der Waals surface area contributed by atoms with Crippen LogP contribution in [-0.2, 0) is 4.74 Å². The number of hydrogen-bond donors (Lipinski definition) is 0. The van der Waals surface area contributed by atoms with E-state index in [1.54, 1.807) is 19.1 Å². The molecule has 0 aliphatic rings. The number of esters is 2. The van der Waals surface area contributed by atoms with E-state index < -0.39 is 17.8 Å². The van der Waals surface area contributed by atoms with Gasteiger partial charge in [0, 0.05) is 6.07 Å². The van der Waals surface area contributed by atoms with Gasteiger partial charge in [-0.05, 0) is 79.6 Å². The van der Waals surface area contributed by atoms with E-state index in [1.165, 1.54) is 63.5 Å². The quantitative estimate of drug-likeness (QED) is 0.0774. The molecule has 1 atom stereocenters. The molecular formula is C38H49FO5. The van der Waals surface area contributed by atoms with Gasteiger partial charge in [-0.2, -0.15) is 0 Å². The van der Waals surface area contributed by atoms with Gasteiger partial charge >= 0.3 is 11.9 Å². The summed E-state index contributed by atoms with van der Waals surface area (Å²) < 4.78 is 31.3. The number of carbonyl (C=O) groups is 2. The molecule has 0 fully saturated rings. The topological polar surface area (TPSA) is 61.8 Å². The fourth-order valence-electron chi connectivity index (χ4n) is 4.91. The molecule has 0 aromatic heterocycles. The molecule has 0 unspecified atom stereocenters. The molecule has 0 aliphatic carbocycles. The van der Waals surface area contributed by atoms with Crippen LogP contribution >= 0.6 is 0 Å². The Labute approximate surface area is 263 Å². The molecule has 0 heterocycles. The van der Waals surface area contributed by atoms with Gasteiger partial charge in [0.15, 0.2) is 0 Å². The van der Waals surface area contributed by atoms with Crippen molar-refractivity contribution in [3.05, 3.63) is 83.7 Å². The fraction of sp³-hybridized carbons (Fsp3) is 0.474. The Hall–Kier alpha value is -3.67. The zero-order valence-electron chi connectivity index (χ0n) is 26.9. The third-order valence-corrected chi connectivity index (χ3v) is 7.65. The number of halogens is 1. The van der Waals surface area contributed by atoms with Crippen LogP contribution in [0, 0.1) is 11.7 Å². The van der Waals surface area contributed by atoms with Gasteiger partial charge in [-0.1, -0.05) is 96.4 Å². The third kappa shape index (κ3) is 12.1. The SMILES string of the molecule is CCCCCCCCCCCOc1ccc(-c2ccc(C(=O)Oc3ccc(C(=O)O[C@H](C)CCC(C)C)c(F)c3)cc2)cc1. The molecule has 3 aromatic rings. The maximum absolute atomic E-state index is 14.7. The van der Waals surface area contributed by atoms with E-state index in [9.17, 15) is 14.0 Å². The molecule has 3 rings (SSSR count). The van der Waals surface area contributed by atoms with Crippen molar-refractivity contribution in [1.82, 2.24) is 0 Å². The molecule has 0 saturated carbocycles. The molecule has 5 nitrogen and oxygen atoms in total. The number of carbonyl (C=O) groups excluding carboxylic acids is 2. The van der Waals surface area contributed by atoms with Crippen molar-refractivity contribution in [3.8, 4) is 22.6 Å². The molecule has 0 aliphatic heterocycles. The third-order valence-electron chi connectivity index (χ3n) is 7.65. The largest absolute Gasteiger partial charge is 0.494 e. The average Bonchev–Trinajstić information content (AvgIpc) is 3.01. The Morgan fingerprint density at radius 1 is 0.682 bits per heavy atom. The second-order valence-corrected chi connectivity index (χ2v) is 12.0. The summed E-state index contributed by atoms with van der Waals surface area (Å²) >= 11 is 0. The van der Waals surface area contributed by atoms with E-state index in [2.05, 4.69) is 20.8 Å². The number of ether oxygens (including phenoxy) is 3. The predicted octanol–water partition coefficient (Wildman–Crippen LogP) is 10.6. The minimum absolute atomic E-state index is 0.0129. The minimum Gasteiger partial charge on any atom is -0.494 e. The average molecular weight is 605 g/mol. The maximum atomic E-state index is 14.7. The highest BCUT2D eigenvalue weighted by Crippen LogP contribution is 2.25. The highest BCUT2D eigenvalue weighted by Gasteiger charge is 2.18. The summed E-state index contributed by atoms with van der Waals surface area (Å²) in [4.78, 5) is 25.1. The lowest BCUT2D eigenvalue weighted by atomic mass is 10.0. The monoisotopic (exact) mass is 604 g/mol. The summed E-state index contributed by atoms with van der Waals surface area (Å²) in [6, 6.07) is 18.7. The van der Waals surface area contributed by atoms with Crippen molar-refractivity contribution in [3.63, 3.8) is 0 Å². The van der Waals surface area contributed by atoms with Crippen LogP contribution in [0.4, 0.5) is 4.39 Å². The minimum atomic E-state index is -0.799. The van der Waals surface area contributed by atoms with Crippen molar-refractivity contribution in [1.29, 1.82) is 0 Å². The number of unbranched alkanes of at least 4 members (excludes halogenated alkanes) is 8. The Morgan fingerprint density at radius 3 is 1.84 bits per heavy atom. The first-order valence-electron chi connectivity index (χ1n) is 16.3. The van der Waals surface area contributed by atoms with Crippen molar-refractivity contribution < 1.29 is 28.2 Å². The standard InChI is InChI=1S/C38H49FO5/c1-5-6-7-8-9-10-11-12-13-26-42-33-22-20-31(21-23-33)30-16-18-32(19-17-30)37(40)44-34-24-25-35(36(39)27-34)38(41)43-29(4)15-14-28(2)3/h16-25,27-29H,5-15,26H2,1-4H3/t29-/m1/s1. The maximum Gasteiger partial charge on any atom is 0.343 e. The lowest BCUT2D eigenvalue weighted by Gasteiger charge is -2.15. The molecule has 3 aromatic carbocycles. The smallest absolute Gasteiger partial charge is 0.343 e. The molecular weight excluding hydrogens is 555 g/mol. The molecule has 238 valence electrons.